The molecule has 0 amide bonds. The van der Waals surface area contributed by atoms with Gasteiger partial charge in [-0.2, -0.15) is 0 Å². The lowest BCUT2D eigenvalue weighted by atomic mass is 9.78. The Hall–Kier alpha value is -0.540. The minimum atomic E-state index is 0.370. The summed E-state index contributed by atoms with van der Waals surface area (Å²) < 4.78 is 11.1. The quantitative estimate of drug-likeness (QED) is 0.709. The van der Waals surface area contributed by atoms with Gasteiger partial charge in [0.05, 0.1) is 13.2 Å². The van der Waals surface area contributed by atoms with Gasteiger partial charge in [-0.1, -0.05) is 33.6 Å². The van der Waals surface area contributed by atoms with E-state index in [1.807, 2.05) is 0 Å². The normalized spacial score (nSPS) is 23.8. The number of hydrogen-bond acceptors (Lipinski definition) is 2. The predicted octanol–water partition coefficient (Wildman–Crippen LogP) is 4.64. The highest BCUT2D eigenvalue weighted by Crippen LogP contribution is 2.42. The molecule has 106 valence electrons. The topological polar surface area (TPSA) is 18.5 Å². The summed E-state index contributed by atoms with van der Waals surface area (Å²) in [5, 5.41) is 0. The van der Waals surface area contributed by atoms with Crippen LogP contribution in [-0.2, 0) is 4.74 Å². The second-order valence-electron chi connectivity index (χ2n) is 5.36. The summed E-state index contributed by atoms with van der Waals surface area (Å²) in [6.45, 7) is 5.02. The van der Waals surface area contributed by atoms with Crippen molar-refractivity contribution in [2.24, 2.45) is 5.92 Å². The number of halogens is 1. The molecular weight excluding hydrogens is 304 g/mol. The van der Waals surface area contributed by atoms with E-state index >= 15 is 0 Å². The molecule has 1 fully saturated rings. The first-order valence-corrected chi connectivity index (χ1v) is 7.95. The second kappa shape index (κ2) is 6.76. The van der Waals surface area contributed by atoms with E-state index in [9.17, 15) is 0 Å². The second-order valence-corrected chi connectivity index (χ2v) is 6.47. The lowest BCUT2D eigenvalue weighted by molar-refractivity contribution is -0.0264. The third kappa shape index (κ3) is 3.73. The highest BCUT2D eigenvalue weighted by Gasteiger charge is 2.31. The zero-order valence-corrected chi connectivity index (χ0v) is 13.6. The number of benzene rings is 1. The van der Waals surface area contributed by atoms with Crippen molar-refractivity contribution in [1.82, 2.24) is 0 Å². The molecule has 1 unspecified atom stereocenters. The van der Waals surface area contributed by atoms with Crippen molar-refractivity contribution >= 4 is 15.9 Å². The minimum Gasteiger partial charge on any atom is -0.496 e. The van der Waals surface area contributed by atoms with Crippen molar-refractivity contribution < 1.29 is 9.47 Å². The summed E-state index contributed by atoms with van der Waals surface area (Å²) in [7, 11) is 1.74. The highest BCUT2D eigenvalue weighted by molar-refractivity contribution is 9.09. The molecule has 0 radical (unpaired) electrons. The maximum atomic E-state index is 5.62. The molecule has 1 saturated carbocycles. The van der Waals surface area contributed by atoms with Gasteiger partial charge in [-0.25, -0.2) is 0 Å². The fourth-order valence-electron chi connectivity index (χ4n) is 2.76. The summed E-state index contributed by atoms with van der Waals surface area (Å²) in [6.07, 6.45) is 4.05. The molecule has 19 heavy (non-hydrogen) atoms. The summed E-state index contributed by atoms with van der Waals surface area (Å²) >= 11 is 3.83. The molecule has 1 aromatic rings. The van der Waals surface area contributed by atoms with Crippen LogP contribution in [0.5, 0.6) is 5.75 Å². The maximum absolute atomic E-state index is 5.62. The molecule has 1 aliphatic rings. The van der Waals surface area contributed by atoms with E-state index in [-0.39, 0.29) is 0 Å². The average Bonchev–Trinajstić information content (AvgIpc) is 2.36. The van der Waals surface area contributed by atoms with Gasteiger partial charge >= 0.3 is 0 Å². The summed E-state index contributed by atoms with van der Waals surface area (Å²) in [4.78, 5) is 0.370. The molecule has 1 aliphatic carbocycles. The van der Waals surface area contributed by atoms with E-state index in [2.05, 4.69) is 48.0 Å². The Morgan fingerprint density at radius 1 is 1.37 bits per heavy atom. The van der Waals surface area contributed by atoms with Crippen molar-refractivity contribution in [1.29, 1.82) is 0 Å². The first-order chi connectivity index (χ1) is 9.13. The third-order valence-corrected chi connectivity index (χ3v) is 4.72. The lowest BCUT2D eigenvalue weighted by Gasteiger charge is -2.36. The number of hydrogen-bond donors (Lipinski definition) is 0. The molecule has 1 atom stereocenters. The smallest absolute Gasteiger partial charge is 0.123 e. The molecule has 0 N–H and O–H groups in total. The van der Waals surface area contributed by atoms with E-state index in [1.165, 1.54) is 24.0 Å². The number of methoxy groups -OCH3 is 1. The number of rotatable bonds is 6. The van der Waals surface area contributed by atoms with E-state index in [0.29, 0.717) is 10.9 Å². The van der Waals surface area contributed by atoms with Crippen LogP contribution in [0.1, 0.15) is 42.1 Å². The van der Waals surface area contributed by atoms with Gasteiger partial charge in [0.15, 0.2) is 0 Å². The Kier molecular flexibility index (Phi) is 5.28. The standard InChI is InChI=1S/C16H23BrO2/c1-4-19-13-8-12(9-13)10-15(17)14-7-11(2)5-6-16(14)18-3/h5-7,12-13,15H,4,8-10H2,1-3H3. The van der Waals surface area contributed by atoms with Crippen LogP contribution >= 0.6 is 15.9 Å². The van der Waals surface area contributed by atoms with Crippen LogP contribution in [-0.4, -0.2) is 19.8 Å². The molecule has 0 aliphatic heterocycles. The summed E-state index contributed by atoms with van der Waals surface area (Å²) in [6, 6.07) is 6.37. The van der Waals surface area contributed by atoms with E-state index < -0.39 is 0 Å². The van der Waals surface area contributed by atoms with Crippen LogP contribution in [0.2, 0.25) is 0 Å². The van der Waals surface area contributed by atoms with E-state index in [0.717, 1.165) is 24.7 Å². The predicted molar refractivity (Wildman–Crippen MR) is 82.2 cm³/mol. The zero-order chi connectivity index (χ0) is 13.8. The molecule has 0 spiro atoms. The Morgan fingerprint density at radius 3 is 2.74 bits per heavy atom. The van der Waals surface area contributed by atoms with Gasteiger partial charge in [-0.3, -0.25) is 0 Å². The fourth-order valence-corrected chi connectivity index (χ4v) is 3.64. The van der Waals surface area contributed by atoms with Gasteiger partial charge in [0, 0.05) is 17.0 Å². The lowest BCUT2D eigenvalue weighted by Crippen LogP contribution is -2.31. The first kappa shape index (κ1) is 14.9. The molecule has 1 aromatic carbocycles. The minimum absolute atomic E-state index is 0.370. The van der Waals surface area contributed by atoms with Gasteiger partial charge in [0.1, 0.15) is 5.75 Å². The van der Waals surface area contributed by atoms with E-state index in [4.69, 9.17) is 9.47 Å². The van der Waals surface area contributed by atoms with E-state index in [1.54, 1.807) is 7.11 Å². The highest BCUT2D eigenvalue weighted by atomic mass is 79.9. The fraction of sp³-hybridized carbons (Fsp3) is 0.625. The number of ether oxygens (including phenoxy) is 2. The first-order valence-electron chi connectivity index (χ1n) is 7.04. The molecule has 3 heteroatoms. The summed E-state index contributed by atoms with van der Waals surface area (Å²) in [5.74, 6) is 1.75. The number of aryl methyl sites for hydroxylation is 1. The molecule has 2 nitrogen and oxygen atoms in total. The van der Waals surface area contributed by atoms with Crippen molar-refractivity contribution in [3.63, 3.8) is 0 Å². The van der Waals surface area contributed by atoms with Gasteiger partial charge in [0.25, 0.3) is 0 Å². The van der Waals surface area contributed by atoms with Crippen LogP contribution in [0.3, 0.4) is 0 Å². The van der Waals surface area contributed by atoms with Crippen LogP contribution in [0.25, 0.3) is 0 Å². The zero-order valence-electron chi connectivity index (χ0n) is 12.0. The van der Waals surface area contributed by atoms with Gasteiger partial charge in [-0.15, -0.1) is 0 Å². The van der Waals surface area contributed by atoms with Crippen LogP contribution < -0.4 is 4.74 Å². The third-order valence-electron chi connectivity index (χ3n) is 3.86. The van der Waals surface area contributed by atoms with Crippen molar-refractivity contribution in [2.45, 2.75) is 44.0 Å². The SMILES string of the molecule is CCOC1CC(CC(Br)c2cc(C)ccc2OC)C1. The molecule has 0 heterocycles. The Bertz CT molecular complexity index is 413. The average molecular weight is 327 g/mol. The molecular formula is C16H23BrO2. The van der Waals surface area contributed by atoms with Crippen LogP contribution in [0.15, 0.2) is 18.2 Å². The maximum Gasteiger partial charge on any atom is 0.123 e. The molecule has 0 saturated heterocycles. The Balaban J connectivity index is 1.93. The molecule has 0 bridgehead atoms. The molecule has 0 aromatic heterocycles. The van der Waals surface area contributed by atoms with Gasteiger partial charge in [0.2, 0.25) is 0 Å². The van der Waals surface area contributed by atoms with Crippen molar-refractivity contribution in [2.75, 3.05) is 13.7 Å². The number of alkyl halides is 1. The summed E-state index contributed by atoms with van der Waals surface area (Å²) in [5.41, 5.74) is 2.54. The van der Waals surface area contributed by atoms with Gasteiger partial charge < -0.3 is 9.47 Å². The van der Waals surface area contributed by atoms with Crippen molar-refractivity contribution in [3.05, 3.63) is 29.3 Å². The Labute approximate surface area is 124 Å². The molecule has 2 rings (SSSR count). The van der Waals surface area contributed by atoms with Gasteiger partial charge in [-0.05, 0) is 45.1 Å². The largest absolute Gasteiger partial charge is 0.496 e. The Morgan fingerprint density at radius 2 is 2.11 bits per heavy atom. The van der Waals surface area contributed by atoms with Crippen LogP contribution in [0, 0.1) is 12.8 Å². The monoisotopic (exact) mass is 326 g/mol. The van der Waals surface area contributed by atoms with Crippen molar-refractivity contribution in [3.8, 4) is 5.75 Å². The van der Waals surface area contributed by atoms with Crippen LogP contribution in [0.4, 0.5) is 0 Å².